The molecule has 198 valence electrons. The molecule has 2 unspecified atom stereocenters. The SMILES string of the molecule is CCOc1cc(C2Nc3ccccc3NC3=C2C(=O)CC(c2ccc(N(C)C)cc2)C3)cc(Br)c1OCC. The van der Waals surface area contributed by atoms with Crippen LogP contribution < -0.4 is 25.0 Å². The maximum absolute atomic E-state index is 13.9. The van der Waals surface area contributed by atoms with Crippen LogP contribution in [0.25, 0.3) is 0 Å². The summed E-state index contributed by atoms with van der Waals surface area (Å²) in [4.78, 5) is 16.0. The molecular weight excluding hydrogens is 542 g/mol. The minimum Gasteiger partial charge on any atom is -0.490 e. The number of carbonyl (C=O) groups is 1. The summed E-state index contributed by atoms with van der Waals surface area (Å²) in [6.07, 6.45) is 1.22. The van der Waals surface area contributed by atoms with E-state index in [1.807, 2.05) is 58.3 Å². The van der Waals surface area contributed by atoms with Crippen LogP contribution >= 0.6 is 15.9 Å². The fourth-order valence-electron chi connectivity index (χ4n) is 5.32. The van der Waals surface area contributed by atoms with Gasteiger partial charge in [-0.3, -0.25) is 4.79 Å². The molecule has 2 atom stereocenters. The van der Waals surface area contributed by atoms with Gasteiger partial charge >= 0.3 is 0 Å². The predicted molar refractivity (Wildman–Crippen MR) is 158 cm³/mol. The van der Waals surface area contributed by atoms with Gasteiger partial charge in [0.2, 0.25) is 0 Å². The number of halogens is 1. The molecule has 0 amide bonds. The molecule has 2 N–H and O–H groups in total. The molecule has 0 spiro atoms. The van der Waals surface area contributed by atoms with Gasteiger partial charge in [-0.1, -0.05) is 24.3 Å². The van der Waals surface area contributed by atoms with Crippen LogP contribution in [0.4, 0.5) is 17.1 Å². The van der Waals surface area contributed by atoms with E-state index < -0.39 is 0 Å². The van der Waals surface area contributed by atoms with Crippen LogP contribution in [0.15, 0.2) is 76.4 Å². The maximum Gasteiger partial charge on any atom is 0.175 e. The van der Waals surface area contributed by atoms with Crippen LogP contribution in [0.1, 0.15) is 49.8 Å². The first-order valence-corrected chi connectivity index (χ1v) is 13.9. The van der Waals surface area contributed by atoms with Gasteiger partial charge in [-0.25, -0.2) is 0 Å². The van der Waals surface area contributed by atoms with Crippen molar-refractivity contribution in [1.82, 2.24) is 0 Å². The molecule has 3 aromatic rings. The quantitative estimate of drug-likeness (QED) is 0.308. The molecule has 0 saturated heterocycles. The molecule has 6 nitrogen and oxygen atoms in total. The van der Waals surface area contributed by atoms with Gasteiger partial charge in [0.25, 0.3) is 0 Å². The number of Topliss-reactive ketones (excluding diaryl/α,β-unsaturated/α-hetero) is 1. The second-order valence-electron chi connectivity index (χ2n) is 9.85. The molecule has 0 radical (unpaired) electrons. The van der Waals surface area contributed by atoms with Crippen molar-refractivity contribution in [3.8, 4) is 11.5 Å². The number of carbonyl (C=O) groups excluding carboxylic acids is 1. The Kier molecular flexibility index (Phi) is 7.65. The van der Waals surface area contributed by atoms with Gasteiger partial charge in [0.05, 0.1) is 35.1 Å². The van der Waals surface area contributed by atoms with Crippen molar-refractivity contribution in [3.63, 3.8) is 0 Å². The number of allylic oxidation sites excluding steroid dienone is 1. The summed E-state index contributed by atoms with van der Waals surface area (Å²) in [5.41, 5.74) is 6.93. The van der Waals surface area contributed by atoms with Gasteiger partial charge in [-0.2, -0.15) is 0 Å². The third-order valence-electron chi connectivity index (χ3n) is 7.14. The third-order valence-corrected chi connectivity index (χ3v) is 7.73. The number of hydrogen-bond acceptors (Lipinski definition) is 6. The standard InChI is InChI=1S/C31H34BrN3O3/c1-5-37-28-18-21(15-23(32)31(28)38-6-2)30-29-26(33-24-9-7-8-10-25(24)34-30)16-20(17-27(29)36)19-11-13-22(14-12-19)35(3)4/h7-15,18,20,30,33-34H,5-6,16-17H2,1-4H3. The van der Waals surface area contributed by atoms with Crippen LogP contribution in [-0.2, 0) is 4.79 Å². The molecule has 0 bridgehead atoms. The van der Waals surface area contributed by atoms with E-state index in [1.54, 1.807) is 0 Å². The van der Waals surface area contributed by atoms with Crippen molar-refractivity contribution in [1.29, 1.82) is 0 Å². The second-order valence-corrected chi connectivity index (χ2v) is 10.7. The lowest BCUT2D eigenvalue weighted by molar-refractivity contribution is -0.116. The van der Waals surface area contributed by atoms with Gasteiger partial charge < -0.3 is 25.0 Å². The molecule has 0 saturated carbocycles. The van der Waals surface area contributed by atoms with Crippen LogP contribution in [0.5, 0.6) is 11.5 Å². The Hall–Kier alpha value is -3.45. The molecule has 7 heteroatoms. The van der Waals surface area contributed by atoms with Crippen LogP contribution in [0.3, 0.4) is 0 Å². The molecular formula is C31H34BrN3O3. The Balaban J connectivity index is 1.59. The molecule has 1 aliphatic carbocycles. The normalized spacial score (nSPS) is 18.5. The second kappa shape index (κ2) is 11.1. The van der Waals surface area contributed by atoms with E-state index in [4.69, 9.17) is 9.47 Å². The number of benzene rings is 3. The van der Waals surface area contributed by atoms with Gasteiger partial charge in [0.1, 0.15) is 0 Å². The zero-order valence-corrected chi connectivity index (χ0v) is 23.9. The van der Waals surface area contributed by atoms with E-state index in [-0.39, 0.29) is 17.7 Å². The van der Waals surface area contributed by atoms with E-state index in [0.29, 0.717) is 31.1 Å². The number of nitrogens with zero attached hydrogens (tertiary/aromatic N) is 1. The molecule has 0 fully saturated rings. The molecule has 5 rings (SSSR count). The Morgan fingerprint density at radius 1 is 0.921 bits per heavy atom. The summed E-state index contributed by atoms with van der Waals surface area (Å²) in [6, 6.07) is 20.3. The molecule has 38 heavy (non-hydrogen) atoms. The first-order chi connectivity index (χ1) is 18.4. The first-order valence-electron chi connectivity index (χ1n) is 13.1. The van der Waals surface area contributed by atoms with Crippen LogP contribution in [0, 0.1) is 0 Å². The zero-order chi connectivity index (χ0) is 26.8. The van der Waals surface area contributed by atoms with E-state index in [9.17, 15) is 4.79 Å². The van der Waals surface area contributed by atoms with Gasteiger partial charge in [0.15, 0.2) is 17.3 Å². The summed E-state index contributed by atoms with van der Waals surface area (Å²) >= 11 is 3.69. The largest absolute Gasteiger partial charge is 0.490 e. The van der Waals surface area contributed by atoms with Crippen molar-refractivity contribution in [2.45, 2.75) is 38.6 Å². The van der Waals surface area contributed by atoms with Gasteiger partial charge in [-0.15, -0.1) is 0 Å². The number of fused-ring (bicyclic) bond motifs is 1. The summed E-state index contributed by atoms with van der Waals surface area (Å²) in [5, 5.41) is 7.29. The average Bonchev–Trinajstić information content (AvgIpc) is 3.07. The summed E-state index contributed by atoms with van der Waals surface area (Å²) in [5.74, 6) is 1.60. The number of anilines is 3. The summed E-state index contributed by atoms with van der Waals surface area (Å²) < 4.78 is 12.6. The van der Waals surface area contributed by atoms with Crippen LogP contribution in [0.2, 0.25) is 0 Å². The number of ether oxygens (including phenoxy) is 2. The molecule has 0 aromatic heterocycles. The lowest BCUT2D eigenvalue weighted by Gasteiger charge is -2.30. The van der Waals surface area contributed by atoms with Crippen molar-refractivity contribution in [2.75, 3.05) is 42.8 Å². The van der Waals surface area contributed by atoms with Gasteiger partial charge in [-0.05, 0) is 89.6 Å². The topological polar surface area (TPSA) is 62.8 Å². The monoisotopic (exact) mass is 575 g/mol. The Morgan fingerprint density at radius 2 is 1.63 bits per heavy atom. The lowest BCUT2D eigenvalue weighted by Crippen LogP contribution is -2.27. The number of nitrogens with one attached hydrogen (secondary N) is 2. The summed E-state index contributed by atoms with van der Waals surface area (Å²) in [6.45, 7) is 4.95. The predicted octanol–water partition coefficient (Wildman–Crippen LogP) is 7.29. The molecule has 3 aromatic carbocycles. The minimum absolute atomic E-state index is 0.113. The highest BCUT2D eigenvalue weighted by Crippen LogP contribution is 2.47. The highest BCUT2D eigenvalue weighted by Gasteiger charge is 2.36. The number of hydrogen-bond donors (Lipinski definition) is 2. The minimum atomic E-state index is -0.336. The Labute approximate surface area is 233 Å². The van der Waals surface area contributed by atoms with Gasteiger partial charge in [0, 0.05) is 37.5 Å². The maximum atomic E-state index is 13.9. The summed E-state index contributed by atoms with van der Waals surface area (Å²) in [7, 11) is 4.07. The van der Waals surface area contributed by atoms with E-state index >= 15 is 0 Å². The zero-order valence-electron chi connectivity index (χ0n) is 22.3. The van der Waals surface area contributed by atoms with E-state index in [2.05, 4.69) is 61.8 Å². The third kappa shape index (κ3) is 5.12. The van der Waals surface area contributed by atoms with Crippen molar-refractivity contribution in [2.24, 2.45) is 0 Å². The number of rotatable bonds is 7. The fourth-order valence-corrected chi connectivity index (χ4v) is 5.90. The number of ketones is 1. The van der Waals surface area contributed by atoms with E-state index in [0.717, 1.165) is 44.8 Å². The molecule has 2 aliphatic rings. The highest BCUT2D eigenvalue weighted by atomic mass is 79.9. The number of para-hydroxylation sites is 2. The first kappa shape index (κ1) is 26.2. The average molecular weight is 577 g/mol. The highest BCUT2D eigenvalue weighted by molar-refractivity contribution is 9.10. The van der Waals surface area contributed by atoms with Crippen molar-refractivity contribution in [3.05, 3.63) is 87.5 Å². The lowest BCUT2D eigenvalue weighted by atomic mass is 9.78. The van der Waals surface area contributed by atoms with Crippen molar-refractivity contribution >= 4 is 38.8 Å². The smallest absolute Gasteiger partial charge is 0.175 e. The molecule has 1 heterocycles. The van der Waals surface area contributed by atoms with Crippen molar-refractivity contribution < 1.29 is 14.3 Å². The van der Waals surface area contributed by atoms with Crippen LogP contribution in [-0.4, -0.2) is 33.1 Å². The molecule has 1 aliphatic heterocycles. The fraction of sp³-hybridized carbons (Fsp3) is 0.323. The van der Waals surface area contributed by atoms with E-state index in [1.165, 1.54) is 5.56 Å². The Bertz CT molecular complexity index is 1370. The Morgan fingerprint density at radius 3 is 2.32 bits per heavy atom.